The number of para-hydroxylation sites is 1. The number of hydrogen-bond acceptors (Lipinski definition) is 5. The van der Waals surface area contributed by atoms with E-state index in [1.54, 1.807) is 37.4 Å². The van der Waals surface area contributed by atoms with Gasteiger partial charge in [-0.3, -0.25) is 24.3 Å². The summed E-state index contributed by atoms with van der Waals surface area (Å²) in [6.45, 7) is 1.59. The number of hydrogen-bond donors (Lipinski definition) is 4. The molecule has 1 heterocycles. The normalized spacial score (nSPS) is 14.1. The van der Waals surface area contributed by atoms with Gasteiger partial charge in [0.2, 0.25) is 5.91 Å². The first kappa shape index (κ1) is 23.2. The molecule has 0 spiro atoms. The van der Waals surface area contributed by atoms with Gasteiger partial charge in [-0.25, -0.2) is 0 Å². The summed E-state index contributed by atoms with van der Waals surface area (Å²) in [6, 6.07) is 13.7. The van der Waals surface area contributed by atoms with Crippen molar-refractivity contribution >= 4 is 28.7 Å². The van der Waals surface area contributed by atoms with Crippen LogP contribution in [0.25, 0.3) is 10.9 Å². The predicted octanol–water partition coefficient (Wildman–Crippen LogP) is 2.30. The number of nitrogens with zero attached hydrogens (tertiary/aromatic N) is 1. The maximum atomic E-state index is 12.5. The monoisotopic (exact) mass is 437 g/mol. The third-order valence-electron chi connectivity index (χ3n) is 5.41. The molecule has 1 unspecified atom stereocenters. The van der Waals surface area contributed by atoms with Gasteiger partial charge in [0, 0.05) is 18.0 Å². The number of nitrogens with one attached hydrogen (secondary N) is 1. The average molecular weight is 437 g/mol. The zero-order valence-electron chi connectivity index (χ0n) is 17.8. The fourth-order valence-corrected chi connectivity index (χ4v) is 3.73. The Kier molecular flexibility index (Phi) is 7.40. The minimum Gasteiger partial charge on any atom is -0.480 e. The smallest absolute Gasteiger partial charge is 0.321 e. The van der Waals surface area contributed by atoms with Gasteiger partial charge in [0.1, 0.15) is 12.1 Å². The number of rotatable bonds is 10. The molecular weight excluding hydrogens is 410 g/mol. The van der Waals surface area contributed by atoms with Crippen molar-refractivity contribution in [3.8, 4) is 0 Å². The summed E-state index contributed by atoms with van der Waals surface area (Å²) >= 11 is 0. The van der Waals surface area contributed by atoms with Crippen LogP contribution in [0.5, 0.6) is 0 Å². The minimum absolute atomic E-state index is 0.0181. The molecule has 0 aliphatic heterocycles. The van der Waals surface area contributed by atoms with Crippen molar-refractivity contribution < 1.29 is 24.6 Å². The van der Waals surface area contributed by atoms with E-state index in [9.17, 15) is 24.6 Å². The van der Waals surface area contributed by atoms with Crippen molar-refractivity contribution in [2.24, 2.45) is 5.73 Å². The van der Waals surface area contributed by atoms with Crippen LogP contribution in [0, 0.1) is 0 Å². The van der Waals surface area contributed by atoms with Gasteiger partial charge in [-0.2, -0.15) is 0 Å². The van der Waals surface area contributed by atoms with Crippen LogP contribution in [-0.4, -0.2) is 50.8 Å². The van der Waals surface area contributed by atoms with Gasteiger partial charge in [-0.1, -0.05) is 48.5 Å². The second-order valence-corrected chi connectivity index (χ2v) is 7.85. The van der Waals surface area contributed by atoms with E-state index in [0.717, 1.165) is 10.9 Å². The van der Waals surface area contributed by atoms with Crippen molar-refractivity contribution in [1.29, 1.82) is 0 Å². The number of aromatic nitrogens is 1. The van der Waals surface area contributed by atoms with Crippen molar-refractivity contribution in [2.45, 2.75) is 44.3 Å². The lowest BCUT2D eigenvalue weighted by Crippen LogP contribution is -2.48. The third kappa shape index (κ3) is 5.40. The van der Waals surface area contributed by atoms with E-state index >= 15 is 0 Å². The van der Waals surface area contributed by atoms with Gasteiger partial charge >= 0.3 is 11.9 Å². The quantitative estimate of drug-likeness (QED) is 0.382. The SMILES string of the molecule is C[C@H](N)C(=O)n1cc(C[C@H](NC(CCc2ccccc2)C(=O)O)C(=O)O)c2ccccc21. The summed E-state index contributed by atoms with van der Waals surface area (Å²) in [7, 11) is 0. The van der Waals surface area contributed by atoms with E-state index in [2.05, 4.69) is 5.32 Å². The van der Waals surface area contributed by atoms with Crippen LogP contribution in [0.4, 0.5) is 0 Å². The molecule has 5 N–H and O–H groups in total. The Labute approximate surface area is 185 Å². The summed E-state index contributed by atoms with van der Waals surface area (Å²) in [5.41, 5.74) is 7.99. The number of aryl methyl sites for hydroxylation is 1. The summed E-state index contributed by atoms with van der Waals surface area (Å²) in [6.07, 6.45) is 2.35. The molecule has 8 nitrogen and oxygen atoms in total. The Bertz CT molecular complexity index is 1110. The van der Waals surface area contributed by atoms with E-state index in [1.165, 1.54) is 4.57 Å². The van der Waals surface area contributed by atoms with Crippen LogP contribution in [0.15, 0.2) is 60.8 Å². The van der Waals surface area contributed by atoms with Crippen LogP contribution in [-0.2, 0) is 22.4 Å². The largest absolute Gasteiger partial charge is 0.480 e. The Hall–Kier alpha value is -3.49. The van der Waals surface area contributed by atoms with Gasteiger partial charge in [0.15, 0.2) is 0 Å². The maximum Gasteiger partial charge on any atom is 0.321 e. The topological polar surface area (TPSA) is 135 Å². The van der Waals surface area contributed by atoms with E-state index in [1.807, 2.05) is 30.3 Å². The number of aliphatic carboxylic acids is 2. The molecule has 3 atom stereocenters. The molecule has 0 fully saturated rings. The summed E-state index contributed by atoms with van der Waals surface area (Å²) in [5.74, 6) is -2.58. The van der Waals surface area contributed by atoms with Gasteiger partial charge in [-0.05, 0) is 37.0 Å². The fraction of sp³-hybridized carbons (Fsp3) is 0.292. The first-order valence-corrected chi connectivity index (χ1v) is 10.4. The predicted molar refractivity (Wildman–Crippen MR) is 121 cm³/mol. The molecule has 0 amide bonds. The molecule has 8 heteroatoms. The minimum atomic E-state index is -1.16. The van der Waals surface area contributed by atoms with Crippen LogP contribution < -0.4 is 11.1 Å². The van der Waals surface area contributed by atoms with Crippen LogP contribution in [0.3, 0.4) is 0 Å². The summed E-state index contributed by atoms with van der Waals surface area (Å²) in [5, 5.41) is 22.9. The highest BCUT2D eigenvalue weighted by molar-refractivity contribution is 5.96. The number of carbonyl (C=O) groups excluding carboxylic acids is 1. The lowest BCUT2D eigenvalue weighted by atomic mass is 10.0. The Morgan fingerprint density at radius 2 is 1.59 bits per heavy atom. The fourth-order valence-electron chi connectivity index (χ4n) is 3.73. The molecule has 0 bridgehead atoms. The number of fused-ring (bicyclic) bond motifs is 1. The second-order valence-electron chi connectivity index (χ2n) is 7.85. The lowest BCUT2D eigenvalue weighted by Gasteiger charge is -2.20. The number of benzene rings is 2. The number of nitrogens with two attached hydrogens (primary N) is 1. The lowest BCUT2D eigenvalue weighted by molar-refractivity contribution is -0.142. The molecule has 0 aliphatic carbocycles. The molecule has 2 aromatic carbocycles. The standard InChI is InChI=1S/C24H27N3O5/c1-15(25)22(28)27-14-17(18-9-5-6-10-21(18)27)13-20(24(31)32)26-19(23(29)30)12-11-16-7-3-2-4-8-16/h2-10,14-15,19-20,26H,11-13,25H2,1H3,(H,29,30)(H,31,32)/t15-,19?,20-/m0/s1. The molecule has 168 valence electrons. The van der Waals surface area contributed by atoms with Crippen LogP contribution in [0.1, 0.15) is 29.3 Å². The van der Waals surface area contributed by atoms with Gasteiger partial charge in [-0.15, -0.1) is 0 Å². The molecule has 1 aromatic heterocycles. The molecule has 0 saturated carbocycles. The number of carboxylic acid groups (broad SMARTS) is 2. The second kappa shape index (κ2) is 10.2. The Morgan fingerprint density at radius 3 is 2.22 bits per heavy atom. The third-order valence-corrected chi connectivity index (χ3v) is 5.41. The Balaban J connectivity index is 1.83. The van der Waals surface area contributed by atoms with Gasteiger partial charge in [0.25, 0.3) is 0 Å². The zero-order chi connectivity index (χ0) is 23.3. The van der Waals surface area contributed by atoms with E-state index in [4.69, 9.17) is 5.73 Å². The number of carboxylic acids is 2. The molecule has 0 radical (unpaired) electrons. The van der Waals surface area contributed by atoms with Crippen LogP contribution in [0.2, 0.25) is 0 Å². The highest BCUT2D eigenvalue weighted by atomic mass is 16.4. The van der Waals surface area contributed by atoms with E-state index < -0.39 is 30.1 Å². The van der Waals surface area contributed by atoms with E-state index in [-0.39, 0.29) is 18.7 Å². The van der Waals surface area contributed by atoms with Crippen molar-refractivity contribution in [1.82, 2.24) is 9.88 Å². The van der Waals surface area contributed by atoms with Crippen LogP contribution >= 0.6 is 0 Å². The molecular formula is C24H27N3O5. The molecule has 32 heavy (non-hydrogen) atoms. The molecule has 0 saturated heterocycles. The summed E-state index contributed by atoms with van der Waals surface area (Å²) < 4.78 is 1.43. The Morgan fingerprint density at radius 1 is 0.969 bits per heavy atom. The highest BCUT2D eigenvalue weighted by Crippen LogP contribution is 2.23. The zero-order valence-corrected chi connectivity index (χ0v) is 17.8. The molecule has 3 aromatic rings. The first-order chi connectivity index (χ1) is 15.3. The van der Waals surface area contributed by atoms with Crippen molar-refractivity contribution in [3.63, 3.8) is 0 Å². The van der Waals surface area contributed by atoms with Gasteiger partial charge in [0.05, 0.1) is 11.6 Å². The van der Waals surface area contributed by atoms with Crippen molar-refractivity contribution in [3.05, 3.63) is 71.9 Å². The van der Waals surface area contributed by atoms with E-state index in [0.29, 0.717) is 17.5 Å². The molecule has 3 rings (SSSR count). The number of carbonyl (C=O) groups is 3. The maximum absolute atomic E-state index is 12.5. The summed E-state index contributed by atoms with van der Waals surface area (Å²) in [4.78, 5) is 36.3. The van der Waals surface area contributed by atoms with Gasteiger partial charge < -0.3 is 15.9 Å². The van der Waals surface area contributed by atoms with Crippen molar-refractivity contribution in [2.75, 3.05) is 0 Å². The molecule has 0 aliphatic rings. The first-order valence-electron chi connectivity index (χ1n) is 10.4. The average Bonchev–Trinajstić information content (AvgIpc) is 3.14. The highest BCUT2D eigenvalue weighted by Gasteiger charge is 2.27.